The average molecular weight is 253 g/mol. The van der Waals surface area contributed by atoms with E-state index >= 15 is 0 Å². The molecule has 0 saturated heterocycles. The van der Waals surface area contributed by atoms with Crippen LogP contribution in [0.2, 0.25) is 0 Å². The van der Waals surface area contributed by atoms with Crippen LogP contribution in [-0.2, 0) is 0 Å². The molecule has 0 fully saturated rings. The molecule has 0 spiro atoms. The number of alkyl halides is 10. The minimum atomic E-state index is -6.82. The van der Waals surface area contributed by atoms with E-state index in [1.54, 1.807) is 0 Å². The van der Waals surface area contributed by atoms with Gasteiger partial charge in [0.05, 0.1) is 0 Å². The summed E-state index contributed by atoms with van der Waals surface area (Å²) in [5.41, 5.74) is 0. The smallest absolute Gasteiger partial charge is 0.187 e. The van der Waals surface area contributed by atoms with Gasteiger partial charge >= 0.3 is 24.4 Å². The maximum absolute atomic E-state index is 11.9. The molecule has 0 rings (SSSR count). The summed E-state index contributed by atoms with van der Waals surface area (Å²) in [5.74, 6) is -6.82. The monoisotopic (exact) mass is 253 g/mol. The summed E-state index contributed by atoms with van der Waals surface area (Å²) in [6.45, 7) is 0. The SMILES string of the molecule is FC(F)(F)NC(F)(F)C(F)(F)C(F)(F)F. The Morgan fingerprint density at radius 3 is 1.13 bits per heavy atom. The third-order valence-corrected chi connectivity index (χ3v) is 1.05. The van der Waals surface area contributed by atoms with Crippen molar-refractivity contribution >= 4 is 0 Å². The van der Waals surface area contributed by atoms with Crippen LogP contribution in [0.1, 0.15) is 0 Å². The van der Waals surface area contributed by atoms with Gasteiger partial charge in [-0.2, -0.15) is 49.2 Å². The zero-order valence-electron chi connectivity index (χ0n) is 6.28. The van der Waals surface area contributed by atoms with Crippen molar-refractivity contribution in [1.82, 2.24) is 5.32 Å². The fraction of sp³-hybridized carbons (Fsp3) is 1.00. The third-order valence-electron chi connectivity index (χ3n) is 1.05. The normalized spacial score (nSPS) is 15.6. The number of halogens is 10. The maximum atomic E-state index is 11.9. The van der Waals surface area contributed by atoms with E-state index in [0.717, 1.165) is 0 Å². The van der Waals surface area contributed by atoms with Gasteiger partial charge in [0.2, 0.25) is 0 Å². The lowest BCUT2D eigenvalue weighted by Gasteiger charge is -2.29. The van der Waals surface area contributed by atoms with Crippen molar-refractivity contribution in [2.75, 3.05) is 0 Å². The first kappa shape index (κ1) is 14.3. The second-order valence-electron chi connectivity index (χ2n) is 2.27. The van der Waals surface area contributed by atoms with Gasteiger partial charge in [-0.1, -0.05) is 0 Å². The van der Waals surface area contributed by atoms with E-state index in [2.05, 4.69) is 0 Å². The highest BCUT2D eigenvalue weighted by molar-refractivity contribution is 4.89. The molecule has 0 aliphatic carbocycles. The minimum Gasteiger partial charge on any atom is -0.187 e. The Morgan fingerprint density at radius 2 is 0.933 bits per heavy atom. The Balaban J connectivity index is 5.03. The molecule has 0 aromatic carbocycles. The minimum absolute atomic E-state index is 1.06. The van der Waals surface area contributed by atoms with E-state index in [9.17, 15) is 43.9 Å². The second-order valence-corrected chi connectivity index (χ2v) is 2.27. The van der Waals surface area contributed by atoms with Crippen LogP contribution in [0.4, 0.5) is 43.9 Å². The van der Waals surface area contributed by atoms with Crippen LogP contribution in [0.3, 0.4) is 0 Å². The molecule has 0 amide bonds. The van der Waals surface area contributed by atoms with Gasteiger partial charge in [-0.25, -0.2) is 0 Å². The molecule has 1 nitrogen and oxygen atoms in total. The van der Waals surface area contributed by atoms with Crippen LogP contribution >= 0.6 is 0 Å². The molecule has 0 heterocycles. The van der Waals surface area contributed by atoms with Gasteiger partial charge in [0, 0.05) is 0 Å². The van der Waals surface area contributed by atoms with Crippen molar-refractivity contribution in [2.24, 2.45) is 0 Å². The first-order valence-electron chi connectivity index (χ1n) is 2.89. The molecule has 1 N–H and O–H groups in total. The van der Waals surface area contributed by atoms with Crippen LogP contribution in [0.5, 0.6) is 0 Å². The van der Waals surface area contributed by atoms with Gasteiger partial charge < -0.3 is 0 Å². The molecule has 0 atom stereocenters. The fourth-order valence-electron chi connectivity index (χ4n) is 0.435. The summed E-state index contributed by atoms with van der Waals surface area (Å²) in [6.07, 6.45) is -12.9. The standard InChI is InChI=1S/C4HF10N/c5-1(6,2(7,8)9)3(10,11)15-4(12,13)14/h15H. The number of rotatable bonds is 2. The van der Waals surface area contributed by atoms with Crippen molar-refractivity contribution in [2.45, 2.75) is 24.4 Å². The van der Waals surface area contributed by atoms with E-state index in [1.807, 2.05) is 0 Å². The molecule has 11 heteroatoms. The lowest BCUT2D eigenvalue weighted by atomic mass is 10.2. The summed E-state index contributed by atoms with van der Waals surface area (Å²) in [7, 11) is 0. The number of nitrogens with one attached hydrogen (secondary N) is 1. The molecule has 0 aromatic rings. The van der Waals surface area contributed by atoms with Crippen LogP contribution in [-0.4, -0.2) is 24.4 Å². The largest absolute Gasteiger partial charge is 0.462 e. The predicted octanol–water partition coefficient (Wildman–Crippen LogP) is 2.89. The topological polar surface area (TPSA) is 12.0 Å². The molecular formula is C4HF10N. The molecular weight excluding hydrogens is 252 g/mol. The molecule has 0 radical (unpaired) electrons. The van der Waals surface area contributed by atoms with Crippen LogP contribution in [0.15, 0.2) is 0 Å². The predicted molar refractivity (Wildman–Crippen MR) is 25.1 cm³/mol. The second kappa shape index (κ2) is 3.39. The van der Waals surface area contributed by atoms with E-state index < -0.39 is 29.8 Å². The summed E-state index contributed by atoms with van der Waals surface area (Å²) in [4.78, 5) is 0. The lowest BCUT2D eigenvalue weighted by Crippen LogP contribution is -2.62. The molecule has 0 aliphatic rings. The van der Waals surface area contributed by atoms with Crippen molar-refractivity contribution in [3.8, 4) is 0 Å². The highest BCUT2D eigenvalue weighted by atomic mass is 19.4. The molecule has 0 unspecified atom stereocenters. The highest BCUT2D eigenvalue weighted by Crippen LogP contribution is 2.46. The molecule has 0 aliphatic heterocycles. The molecule has 15 heavy (non-hydrogen) atoms. The summed E-state index contributed by atoms with van der Waals surface area (Å²) >= 11 is 0. The summed E-state index contributed by atoms with van der Waals surface area (Å²) < 4.78 is 115. The zero-order chi connectivity index (χ0) is 12.7. The first-order chi connectivity index (χ1) is 6.21. The first-order valence-corrected chi connectivity index (χ1v) is 2.89. The summed E-state index contributed by atoms with van der Waals surface area (Å²) in [5, 5.41) is -1.06. The molecule has 0 aromatic heterocycles. The lowest BCUT2D eigenvalue weighted by molar-refractivity contribution is -0.380. The van der Waals surface area contributed by atoms with E-state index in [4.69, 9.17) is 0 Å². The molecule has 0 bridgehead atoms. The van der Waals surface area contributed by atoms with E-state index in [1.165, 1.54) is 0 Å². The van der Waals surface area contributed by atoms with Crippen molar-refractivity contribution in [3.05, 3.63) is 0 Å². The van der Waals surface area contributed by atoms with Gasteiger partial charge in [0.15, 0.2) is 0 Å². The maximum Gasteiger partial charge on any atom is 0.462 e. The van der Waals surface area contributed by atoms with Crippen LogP contribution in [0.25, 0.3) is 0 Å². The van der Waals surface area contributed by atoms with Crippen LogP contribution in [0, 0.1) is 0 Å². The Hall–Kier alpha value is -0.740. The average Bonchev–Trinajstić information content (AvgIpc) is 1.77. The van der Waals surface area contributed by atoms with Gasteiger partial charge in [-0.05, 0) is 0 Å². The van der Waals surface area contributed by atoms with E-state index in [0.29, 0.717) is 0 Å². The van der Waals surface area contributed by atoms with Gasteiger partial charge in [0.25, 0.3) is 0 Å². The Bertz CT molecular complexity index is 223. The highest BCUT2D eigenvalue weighted by Gasteiger charge is 2.75. The van der Waals surface area contributed by atoms with Gasteiger partial charge in [0.1, 0.15) is 0 Å². The molecule has 92 valence electrons. The van der Waals surface area contributed by atoms with Crippen molar-refractivity contribution in [3.63, 3.8) is 0 Å². The Kier molecular flexibility index (Phi) is 3.22. The zero-order valence-corrected chi connectivity index (χ0v) is 6.28. The summed E-state index contributed by atoms with van der Waals surface area (Å²) in [6, 6.07) is -6.47. The van der Waals surface area contributed by atoms with Gasteiger partial charge in [-0.3, -0.25) is 0 Å². The van der Waals surface area contributed by atoms with Crippen molar-refractivity contribution < 1.29 is 43.9 Å². The van der Waals surface area contributed by atoms with E-state index in [-0.39, 0.29) is 0 Å². The van der Waals surface area contributed by atoms with Gasteiger partial charge in [-0.15, -0.1) is 0 Å². The number of hydrogen-bond acceptors (Lipinski definition) is 1. The third kappa shape index (κ3) is 3.11. The molecule has 0 saturated carbocycles. The van der Waals surface area contributed by atoms with Crippen LogP contribution < -0.4 is 5.32 Å². The quantitative estimate of drug-likeness (QED) is 0.589. The fourth-order valence-corrected chi connectivity index (χ4v) is 0.435. The number of hydrogen-bond donors (Lipinski definition) is 1. The Labute approximate surface area is 75.0 Å². The Morgan fingerprint density at radius 1 is 0.600 bits per heavy atom. The van der Waals surface area contributed by atoms with Crippen molar-refractivity contribution in [1.29, 1.82) is 0 Å².